The van der Waals surface area contributed by atoms with E-state index in [0.29, 0.717) is 28.6 Å². The van der Waals surface area contributed by atoms with Crippen LogP contribution in [0, 0.1) is 6.92 Å². The quantitative estimate of drug-likeness (QED) is 0.517. The van der Waals surface area contributed by atoms with Crippen molar-refractivity contribution in [1.29, 1.82) is 0 Å². The van der Waals surface area contributed by atoms with Gasteiger partial charge in [-0.15, -0.1) is 0 Å². The lowest BCUT2D eigenvalue weighted by molar-refractivity contribution is 0.259. The van der Waals surface area contributed by atoms with Crippen LogP contribution in [0.5, 0.6) is 0 Å². The fraction of sp³-hybridized carbons (Fsp3) is 0.235. The molecule has 0 spiro atoms. The van der Waals surface area contributed by atoms with Crippen molar-refractivity contribution < 1.29 is 24.2 Å². The molecular formula is C17H16ClF5N2OS. The molecule has 0 fully saturated rings. The molecule has 3 N–H and O–H groups in total. The number of anilines is 1. The Morgan fingerprint density at radius 1 is 1.19 bits per heavy atom. The fourth-order valence-electron chi connectivity index (χ4n) is 3.63. The molecule has 3 rings (SSSR count). The minimum absolute atomic E-state index is 0.0366. The van der Waals surface area contributed by atoms with Crippen LogP contribution in [0.4, 0.5) is 29.9 Å². The number of urea groups is 1. The Morgan fingerprint density at radius 3 is 2.44 bits per heavy atom. The molecule has 2 amide bonds. The van der Waals surface area contributed by atoms with Crippen molar-refractivity contribution in [3.05, 3.63) is 57.6 Å². The summed E-state index contributed by atoms with van der Waals surface area (Å²) in [6.45, 7) is 1.27. The average molecular weight is 427 g/mol. The van der Waals surface area contributed by atoms with Gasteiger partial charge in [0.25, 0.3) is 0 Å². The van der Waals surface area contributed by atoms with Gasteiger partial charge in [0, 0.05) is 16.6 Å². The van der Waals surface area contributed by atoms with E-state index < -0.39 is 32.6 Å². The van der Waals surface area contributed by atoms with Crippen LogP contribution >= 0.6 is 21.8 Å². The molecule has 2 aromatic carbocycles. The van der Waals surface area contributed by atoms with Gasteiger partial charge in [-0.2, -0.15) is 0 Å². The third-order valence-corrected chi connectivity index (χ3v) is 6.10. The summed E-state index contributed by atoms with van der Waals surface area (Å²) in [7, 11) is -9.97. The van der Waals surface area contributed by atoms with Gasteiger partial charge in [0.15, 0.2) is 0 Å². The van der Waals surface area contributed by atoms with E-state index in [1.807, 2.05) is 0 Å². The number of carbonyl (C=O) groups is 1. The molecule has 0 bridgehead atoms. The highest BCUT2D eigenvalue weighted by Gasteiger charge is 2.67. The lowest BCUT2D eigenvalue weighted by Crippen LogP contribution is -2.21. The molecule has 0 saturated carbocycles. The lowest BCUT2D eigenvalue weighted by atomic mass is 9.89. The Labute approximate surface area is 157 Å². The van der Waals surface area contributed by atoms with Crippen molar-refractivity contribution in [3.63, 3.8) is 0 Å². The van der Waals surface area contributed by atoms with Crippen LogP contribution in [0.25, 0.3) is 0 Å². The minimum Gasteiger partial charge on any atom is -0.351 e. The minimum atomic E-state index is -9.97. The number of fused-ring (bicyclic) bond motifs is 1. The van der Waals surface area contributed by atoms with Crippen molar-refractivity contribution >= 4 is 33.5 Å². The van der Waals surface area contributed by atoms with Gasteiger partial charge in [-0.1, -0.05) is 37.1 Å². The van der Waals surface area contributed by atoms with Gasteiger partial charge in [0.1, 0.15) is 4.90 Å². The zero-order valence-corrected chi connectivity index (χ0v) is 15.6. The summed E-state index contributed by atoms with van der Waals surface area (Å²) in [5.41, 5.74) is 5.60. The highest BCUT2D eigenvalue weighted by atomic mass is 35.5. The van der Waals surface area contributed by atoms with Gasteiger partial charge in [-0.05, 0) is 66.3 Å². The molecule has 1 aliphatic carbocycles. The molecule has 148 valence electrons. The fourth-order valence-corrected chi connectivity index (χ4v) is 4.86. The Morgan fingerprint density at radius 2 is 1.85 bits per heavy atom. The third kappa shape index (κ3) is 3.84. The smallest absolute Gasteiger partial charge is 0.316 e. The molecule has 0 aliphatic heterocycles. The molecule has 2 aromatic rings. The van der Waals surface area contributed by atoms with Gasteiger partial charge in [-0.3, -0.25) is 0 Å². The Balaban J connectivity index is 2.29. The van der Waals surface area contributed by atoms with Gasteiger partial charge >= 0.3 is 16.3 Å². The highest BCUT2D eigenvalue weighted by molar-refractivity contribution is 8.45. The standard InChI is InChI=1S/C17H16ClF5N2OS/c1-9-14(25-17(24)26)6-7-15(27(19,20,21,22)23)16(9)13-4-2-10-8-11(18)3-5-12(10)13/h3,5-8,13H,2,4H2,1H3,(H3,24,25,26)/t13-/m0/s1. The molecule has 10 heteroatoms. The maximum absolute atomic E-state index is 13.7. The highest BCUT2D eigenvalue weighted by Crippen LogP contribution is 3.02. The number of primary amides is 1. The van der Waals surface area contributed by atoms with Crippen LogP contribution in [0.15, 0.2) is 35.2 Å². The largest absolute Gasteiger partial charge is 0.351 e. The monoisotopic (exact) mass is 426 g/mol. The van der Waals surface area contributed by atoms with E-state index in [2.05, 4.69) is 5.32 Å². The summed E-state index contributed by atoms with van der Waals surface area (Å²) < 4.78 is 68.7. The molecule has 0 unspecified atom stereocenters. The lowest BCUT2D eigenvalue weighted by Gasteiger charge is -2.43. The first-order valence-electron chi connectivity index (χ1n) is 7.90. The Hall–Kier alpha value is -2.00. The van der Waals surface area contributed by atoms with Crippen molar-refractivity contribution in [2.24, 2.45) is 5.73 Å². The van der Waals surface area contributed by atoms with E-state index in [-0.39, 0.29) is 17.7 Å². The predicted octanol–water partition coefficient (Wildman–Crippen LogP) is 6.87. The predicted molar refractivity (Wildman–Crippen MR) is 97.4 cm³/mol. The van der Waals surface area contributed by atoms with E-state index in [9.17, 15) is 24.2 Å². The van der Waals surface area contributed by atoms with E-state index in [0.717, 1.165) is 6.07 Å². The molecule has 0 aromatic heterocycles. The third-order valence-electron chi connectivity index (χ3n) is 4.68. The molecule has 3 nitrogen and oxygen atoms in total. The summed E-state index contributed by atoms with van der Waals surface area (Å²) in [4.78, 5) is 9.20. The molecule has 0 heterocycles. The van der Waals surface area contributed by atoms with Crippen LogP contribution in [0.1, 0.15) is 34.6 Å². The number of nitrogens with two attached hydrogens (primary N) is 1. The van der Waals surface area contributed by atoms with Crippen molar-refractivity contribution in [3.8, 4) is 0 Å². The summed E-state index contributed by atoms with van der Waals surface area (Å²) in [5.74, 6) is -0.898. The first kappa shape index (κ1) is 19.8. The number of carbonyl (C=O) groups excluding carboxylic acids is 1. The number of rotatable bonds is 3. The van der Waals surface area contributed by atoms with Crippen molar-refractivity contribution in [2.45, 2.75) is 30.6 Å². The van der Waals surface area contributed by atoms with E-state index in [1.54, 1.807) is 12.1 Å². The second kappa shape index (κ2) is 5.51. The number of aryl methyl sites for hydroxylation is 1. The number of benzene rings is 2. The average Bonchev–Trinajstić information content (AvgIpc) is 2.88. The zero-order valence-electron chi connectivity index (χ0n) is 14.0. The maximum Gasteiger partial charge on any atom is 0.316 e. The number of hydrogen-bond donors (Lipinski definition) is 2. The molecule has 0 saturated heterocycles. The van der Waals surface area contributed by atoms with Gasteiger partial charge in [0.05, 0.1) is 0 Å². The maximum atomic E-state index is 13.7. The second-order valence-corrected chi connectivity index (χ2v) is 9.36. The van der Waals surface area contributed by atoms with Crippen LogP contribution in [0.3, 0.4) is 0 Å². The van der Waals surface area contributed by atoms with E-state index in [4.69, 9.17) is 17.3 Å². The van der Waals surface area contributed by atoms with Crippen LogP contribution in [0.2, 0.25) is 5.02 Å². The van der Waals surface area contributed by atoms with Gasteiger partial charge < -0.3 is 11.1 Å². The first-order chi connectivity index (χ1) is 12.2. The summed E-state index contributed by atoms with van der Waals surface area (Å²) in [6, 6.07) is 4.81. The normalized spacial score (nSPS) is 19.1. The zero-order chi connectivity index (χ0) is 20.3. The summed E-state index contributed by atoms with van der Waals surface area (Å²) in [6.07, 6.45) is 0.630. The molecule has 1 aliphatic rings. The van der Waals surface area contributed by atoms with Crippen LogP contribution in [-0.4, -0.2) is 6.03 Å². The second-order valence-electron chi connectivity index (χ2n) is 6.54. The Kier molecular flexibility index (Phi) is 4.03. The molecule has 0 radical (unpaired) electrons. The first-order valence-corrected chi connectivity index (χ1v) is 10.2. The number of amides is 2. The Bertz CT molecular complexity index is 963. The number of nitrogens with one attached hydrogen (secondary N) is 1. The molecule has 27 heavy (non-hydrogen) atoms. The van der Waals surface area contributed by atoms with E-state index in [1.165, 1.54) is 13.0 Å². The van der Waals surface area contributed by atoms with Crippen LogP contribution < -0.4 is 11.1 Å². The topological polar surface area (TPSA) is 55.1 Å². The summed E-state index contributed by atoms with van der Waals surface area (Å²) >= 11 is 5.92. The van der Waals surface area contributed by atoms with Crippen molar-refractivity contribution in [1.82, 2.24) is 0 Å². The molecule has 1 atom stereocenters. The van der Waals surface area contributed by atoms with Gasteiger partial charge in [0.2, 0.25) is 0 Å². The van der Waals surface area contributed by atoms with E-state index >= 15 is 0 Å². The number of halogens is 6. The summed E-state index contributed by atoms with van der Waals surface area (Å²) in [5, 5.41) is 2.61. The molecular weight excluding hydrogens is 411 g/mol. The SMILES string of the molecule is Cc1c(NC(N)=O)ccc(S(F)(F)(F)(F)F)c1[C@H]1CCc2cc(Cl)ccc21. The number of hydrogen-bond acceptors (Lipinski definition) is 1. The van der Waals surface area contributed by atoms with Crippen LogP contribution in [-0.2, 0) is 6.42 Å². The van der Waals surface area contributed by atoms with Crippen molar-refractivity contribution in [2.75, 3.05) is 5.32 Å². The van der Waals surface area contributed by atoms with Gasteiger partial charge in [-0.25, -0.2) is 4.79 Å².